The van der Waals surface area contributed by atoms with E-state index in [0.29, 0.717) is 0 Å². The fraction of sp³-hybridized carbons (Fsp3) is 0.750. The van der Waals surface area contributed by atoms with Crippen LogP contribution in [-0.2, 0) is 6.54 Å². The Morgan fingerprint density at radius 1 is 1.47 bits per heavy atom. The first-order chi connectivity index (χ1) is 7.16. The molecule has 3 heteroatoms. The Morgan fingerprint density at radius 3 is 2.80 bits per heavy atom. The molecule has 1 saturated carbocycles. The number of hydrogen-bond donors (Lipinski definition) is 1. The van der Waals surface area contributed by atoms with Crippen LogP contribution in [0.5, 0.6) is 0 Å². The summed E-state index contributed by atoms with van der Waals surface area (Å²) >= 11 is 5.29. The summed E-state index contributed by atoms with van der Waals surface area (Å²) in [6, 6.07) is 0. The van der Waals surface area contributed by atoms with Gasteiger partial charge in [-0.1, -0.05) is 26.2 Å². The van der Waals surface area contributed by atoms with Gasteiger partial charge in [-0.25, -0.2) is 0 Å². The molecule has 2 unspecified atom stereocenters. The van der Waals surface area contributed by atoms with Gasteiger partial charge in [-0.3, -0.25) is 0 Å². The third-order valence-electron chi connectivity index (χ3n) is 3.63. The van der Waals surface area contributed by atoms with Crippen LogP contribution in [0.4, 0.5) is 0 Å². The zero-order valence-corrected chi connectivity index (χ0v) is 10.4. The van der Waals surface area contributed by atoms with Gasteiger partial charge in [-0.05, 0) is 37.4 Å². The van der Waals surface area contributed by atoms with E-state index in [2.05, 4.69) is 29.6 Å². The summed E-state index contributed by atoms with van der Waals surface area (Å²) in [5, 5.41) is 0. The molecule has 1 aliphatic rings. The van der Waals surface area contributed by atoms with Crippen molar-refractivity contribution >= 4 is 12.2 Å². The molecule has 1 heterocycles. The van der Waals surface area contributed by atoms with Crippen molar-refractivity contribution in [3.05, 3.63) is 16.7 Å². The second-order valence-electron chi connectivity index (χ2n) is 4.92. The monoisotopic (exact) mass is 224 g/mol. The molecule has 2 rings (SSSR count). The van der Waals surface area contributed by atoms with E-state index in [-0.39, 0.29) is 0 Å². The molecule has 1 aromatic heterocycles. The van der Waals surface area contributed by atoms with Crippen molar-refractivity contribution in [3.63, 3.8) is 0 Å². The van der Waals surface area contributed by atoms with Crippen molar-refractivity contribution in [3.8, 4) is 0 Å². The molecular weight excluding hydrogens is 204 g/mol. The van der Waals surface area contributed by atoms with Gasteiger partial charge in [0.15, 0.2) is 4.77 Å². The van der Waals surface area contributed by atoms with Gasteiger partial charge in [0.1, 0.15) is 0 Å². The van der Waals surface area contributed by atoms with Gasteiger partial charge in [0.25, 0.3) is 0 Å². The van der Waals surface area contributed by atoms with Crippen LogP contribution in [0.15, 0.2) is 6.20 Å². The molecule has 84 valence electrons. The van der Waals surface area contributed by atoms with Crippen LogP contribution in [0.1, 0.15) is 38.3 Å². The average Bonchev–Trinajstić information content (AvgIpc) is 2.49. The zero-order valence-electron chi connectivity index (χ0n) is 9.62. The van der Waals surface area contributed by atoms with Crippen molar-refractivity contribution in [2.45, 2.75) is 46.1 Å². The predicted octanol–water partition coefficient (Wildman–Crippen LogP) is 3.68. The largest absolute Gasteiger partial charge is 0.335 e. The number of nitrogens with zero attached hydrogens (tertiary/aromatic N) is 1. The Kier molecular flexibility index (Phi) is 3.29. The van der Waals surface area contributed by atoms with E-state index in [9.17, 15) is 0 Å². The zero-order chi connectivity index (χ0) is 10.8. The van der Waals surface area contributed by atoms with Gasteiger partial charge in [0.2, 0.25) is 0 Å². The van der Waals surface area contributed by atoms with Gasteiger partial charge >= 0.3 is 0 Å². The number of aromatic nitrogens is 2. The molecule has 0 aromatic carbocycles. The van der Waals surface area contributed by atoms with Crippen LogP contribution >= 0.6 is 12.2 Å². The second-order valence-corrected chi connectivity index (χ2v) is 5.30. The number of imidazole rings is 1. The Morgan fingerprint density at radius 2 is 2.20 bits per heavy atom. The molecule has 15 heavy (non-hydrogen) atoms. The molecule has 1 fully saturated rings. The second kappa shape index (κ2) is 4.52. The van der Waals surface area contributed by atoms with Crippen molar-refractivity contribution in [2.24, 2.45) is 11.8 Å². The molecular formula is C12H20N2S. The summed E-state index contributed by atoms with van der Waals surface area (Å²) < 4.78 is 3.09. The first kappa shape index (κ1) is 10.9. The fourth-order valence-corrected chi connectivity index (χ4v) is 2.91. The molecule has 2 nitrogen and oxygen atoms in total. The minimum atomic E-state index is 0.820. The van der Waals surface area contributed by atoms with Gasteiger partial charge < -0.3 is 9.55 Å². The molecule has 0 bridgehead atoms. The minimum absolute atomic E-state index is 0.820. The van der Waals surface area contributed by atoms with Crippen molar-refractivity contribution in [1.82, 2.24) is 9.55 Å². The van der Waals surface area contributed by atoms with Gasteiger partial charge in [0.05, 0.1) is 0 Å². The molecule has 0 spiro atoms. The van der Waals surface area contributed by atoms with E-state index in [1.807, 2.05) is 0 Å². The number of rotatable bonds is 2. The minimum Gasteiger partial charge on any atom is -0.335 e. The number of nitrogens with one attached hydrogen (secondary N) is 1. The molecule has 0 radical (unpaired) electrons. The van der Waals surface area contributed by atoms with Crippen molar-refractivity contribution < 1.29 is 0 Å². The van der Waals surface area contributed by atoms with Crippen LogP contribution in [0.2, 0.25) is 0 Å². The van der Waals surface area contributed by atoms with E-state index in [1.165, 1.54) is 31.4 Å². The predicted molar refractivity (Wildman–Crippen MR) is 65.5 cm³/mol. The molecule has 2 atom stereocenters. The van der Waals surface area contributed by atoms with Crippen molar-refractivity contribution in [1.29, 1.82) is 0 Å². The van der Waals surface area contributed by atoms with E-state index in [4.69, 9.17) is 12.2 Å². The normalized spacial score (nSPS) is 26.8. The lowest BCUT2D eigenvalue weighted by Crippen LogP contribution is -2.21. The summed E-state index contributed by atoms with van der Waals surface area (Å²) in [5.41, 5.74) is 1.17. The Bertz CT molecular complexity index is 377. The lowest BCUT2D eigenvalue weighted by Gasteiger charge is -2.28. The number of hydrogen-bond acceptors (Lipinski definition) is 1. The molecule has 1 N–H and O–H groups in total. The third kappa shape index (κ3) is 2.51. The first-order valence-corrected chi connectivity index (χ1v) is 6.33. The first-order valence-electron chi connectivity index (χ1n) is 5.93. The maximum Gasteiger partial charge on any atom is 0.177 e. The molecule has 0 saturated heterocycles. The van der Waals surface area contributed by atoms with E-state index < -0.39 is 0 Å². The Hall–Kier alpha value is -0.570. The summed E-state index contributed by atoms with van der Waals surface area (Å²) in [6.45, 7) is 5.55. The highest BCUT2D eigenvalue weighted by Gasteiger charge is 2.21. The number of H-pyrrole nitrogens is 1. The topological polar surface area (TPSA) is 20.7 Å². The lowest BCUT2D eigenvalue weighted by atomic mass is 9.80. The van der Waals surface area contributed by atoms with Crippen LogP contribution < -0.4 is 0 Å². The van der Waals surface area contributed by atoms with Gasteiger partial charge in [-0.15, -0.1) is 0 Å². The number of aryl methyl sites for hydroxylation is 1. The summed E-state index contributed by atoms with van der Waals surface area (Å²) in [4.78, 5) is 3.19. The van der Waals surface area contributed by atoms with Crippen LogP contribution in [0, 0.1) is 23.5 Å². The standard InChI is InChI=1S/C12H20N2S/c1-9-5-3-4-6-11(9)8-14-7-10(2)13-12(14)15/h7,9,11H,3-6,8H2,1-2H3,(H,13,15). The SMILES string of the molecule is Cc1cn(CC2CCCCC2C)c(=S)[nH]1. The van der Waals surface area contributed by atoms with Crippen LogP contribution in [0.25, 0.3) is 0 Å². The average molecular weight is 224 g/mol. The van der Waals surface area contributed by atoms with Crippen molar-refractivity contribution in [2.75, 3.05) is 0 Å². The molecule has 1 aliphatic carbocycles. The van der Waals surface area contributed by atoms with Gasteiger partial charge in [-0.2, -0.15) is 0 Å². The Balaban J connectivity index is 2.07. The fourth-order valence-electron chi connectivity index (χ4n) is 2.62. The maximum atomic E-state index is 5.29. The summed E-state index contributed by atoms with van der Waals surface area (Å²) in [5.74, 6) is 1.68. The van der Waals surface area contributed by atoms with E-state index >= 15 is 0 Å². The smallest absolute Gasteiger partial charge is 0.177 e. The van der Waals surface area contributed by atoms with Gasteiger partial charge in [0, 0.05) is 18.4 Å². The van der Waals surface area contributed by atoms with E-state index in [1.54, 1.807) is 0 Å². The molecule has 1 aromatic rings. The molecule has 0 aliphatic heterocycles. The quantitative estimate of drug-likeness (QED) is 0.760. The highest BCUT2D eigenvalue weighted by Crippen LogP contribution is 2.30. The third-order valence-corrected chi connectivity index (χ3v) is 3.97. The summed E-state index contributed by atoms with van der Waals surface area (Å²) in [6.07, 6.45) is 7.71. The molecule has 0 amide bonds. The Labute approximate surface area is 96.7 Å². The maximum absolute atomic E-state index is 5.29. The van der Waals surface area contributed by atoms with Crippen LogP contribution in [-0.4, -0.2) is 9.55 Å². The van der Waals surface area contributed by atoms with Crippen LogP contribution in [0.3, 0.4) is 0 Å². The highest BCUT2D eigenvalue weighted by atomic mass is 32.1. The summed E-state index contributed by atoms with van der Waals surface area (Å²) in [7, 11) is 0. The highest BCUT2D eigenvalue weighted by molar-refractivity contribution is 7.71. The number of aromatic amines is 1. The lowest BCUT2D eigenvalue weighted by molar-refractivity contribution is 0.228. The van der Waals surface area contributed by atoms with E-state index in [0.717, 1.165) is 23.2 Å².